The minimum absolute atomic E-state index is 0.0197. The molecule has 2 aromatic carbocycles. The highest BCUT2D eigenvalue weighted by Crippen LogP contribution is 2.46. The number of hydrogen-bond acceptors (Lipinski definition) is 10. The van der Waals surface area contributed by atoms with Gasteiger partial charge in [0.25, 0.3) is 5.91 Å². The second-order valence-electron chi connectivity index (χ2n) is 15.7. The maximum absolute atomic E-state index is 14.6. The van der Waals surface area contributed by atoms with E-state index >= 15 is 0 Å². The SMILES string of the molecule is O=C(N[C@@H]1CCCCC/C=C\C2C[C@@]2(C(=O)NS(=O)(=O)C2CC2)NC(=O)[C@@H]2C[C@@H](Oc3nc4ccccc4nc3-c3ccccc3)CN2C1=O)OC1CCCC1. The van der Waals surface area contributed by atoms with Crippen molar-refractivity contribution >= 4 is 44.9 Å². The summed E-state index contributed by atoms with van der Waals surface area (Å²) in [5.74, 6) is -2.06. The molecule has 8 rings (SSSR count). The Hall–Kier alpha value is -5.05. The molecule has 56 heavy (non-hydrogen) atoms. The molecule has 15 heteroatoms. The Morgan fingerprint density at radius 3 is 2.32 bits per heavy atom. The van der Waals surface area contributed by atoms with E-state index in [1.54, 1.807) is 0 Å². The number of ether oxygens (including phenoxy) is 2. The largest absolute Gasteiger partial charge is 0.471 e. The Morgan fingerprint density at radius 1 is 0.857 bits per heavy atom. The molecule has 3 N–H and O–H groups in total. The van der Waals surface area contributed by atoms with Crippen LogP contribution in [-0.2, 0) is 29.1 Å². The average Bonchev–Trinajstić information content (AvgIpc) is 4.06. The smallest absolute Gasteiger partial charge is 0.408 e. The Kier molecular flexibility index (Phi) is 10.7. The number of allylic oxidation sites excluding steroid dienone is 1. The standard InChI is InChI=1S/C41H48N6O8S/c48-36-34-23-29(54-37-35(26-13-5-4-6-14-26)42-31-18-11-12-19-32(31)43-37)25-47(34)38(49)33(44-40(51)55-28-16-9-10-17-28)20-8-3-1-2-7-15-27-24-41(27,45-36)39(50)46-56(52,53)30-21-22-30/h4-7,11-15,18-19,27-30,33-34H,1-3,8-10,16-17,20-25H2,(H,44,51)(H,45,48)(H,46,50)/b15-7-/t27?,29-,33-,34+,41-/m1/s1. The molecule has 1 aromatic heterocycles. The van der Waals surface area contributed by atoms with E-state index < -0.39 is 68.7 Å². The van der Waals surface area contributed by atoms with Gasteiger partial charge in [-0.3, -0.25) is 19.1 Å². The van der Waals surface area contributed by atoms with Crippen LogP contribution in [0, 0.1) is 5.92 Å². The van der Waals surface area contributed by atoms with Crippen molar-refractivity contribution in [2.45, 2.75) is 119 Å². The van der Waals surface area contributed by atoms with Crippen molar-refractivity contribution in [1.82, 2.24) is 30.2 Å². The fraction of sp³-hybridized carbons (Fsp3) is 0.512. The van der Waals surface area contributed by atoms with Gasteiger partial charge in [0.05, 0.1) is 22.8 Å². The fourth-order valence-corrected chi connectivity index (χ4v) is 9.55. The lowest BCUT2D eigenvalue weighted by atomic mass is 10.0. The van der Waals surface area contributed by atoms with Crippen molar-refractivity contribution in [2.75, 3.05) is 6.54 Å². The second kappa shape index (κ2) is 15.8. The highest BCUT2D eigenvalue weighted by atomic mass is 32.2. The lowest BCUT2D eigenvalue weighted by molar-refractivity contribution is -0.141. The number of fused-ring (bicyclic) bond motifs is 3. The lowest BCUT2D eigenvalue weighted by Gasteiger charge is -2.30. The number of alkyl carbamates (subject to hydrolysis) is 1. The summed E-state index contributed by atoms with van der Waals surface area (Å²) in [5.41, 5.74) is 1.05. The number of amides is 4. The van der Waals surface area contributed by atoms with E-state index in [4.69, 9.17) is 19.4 Å². The van der Waals surface area contributed by atoms with Crippen LogP contribution in [0.5, 0.6) is 5.88 Å². The van der Waals surface area contributed by atoms with Gasteiger partial charge in [-0.2, -0.15) is 0 Å². The van der Waals surface area contributed by atoms with E-state index in [1.165, 1.54) is 4.90 Å². The molecule has 5 aliphatic rings. The first-order valence-electron chi connectivity index (χ1n) is 19.9. The van der Waals surface area contributed by atoms with Crippen molar-refractivity contribution < 1.29 is 37.1 Å². The quantitative estimate of drug-likeness (QED) is 0.271. The molecule has 4 fully saturated rings. The van der Waals surface area contributed by atoms with Crippen LogP contribution in [0.1, 0.15) is 83.5 Å². The molecule has 3 saturated carbocycles. The number of nitrogens with zero attached hydrogens (tertiary/aromatic N) is 3. The van der Waals surface area contributed by atoms with Gasteiger partial charge in [-0.15, -0.1) is 0 Å². The van der Waals surface area contributed by atoms with Crippen molar-refractivity contribution in [3.8, 4) is 17.1 Å². The van der Waals surface area contributed by atoms with E-state index in [9.17, 15) is 27.6 Å². The Labute approximate surface area is 326 Å². The lowest BCUT2D eigenvalue weighted by Crippen LogP contribution is -2.58. The molecule has 0 radical (unpaired) electrons. The third-order valence-corrected chi connectivity index (χ3v) is 13.4. The molecule has 4 amide bonds. The molecule has 1 unspecified atom stereocenters. The number of nitrogens with one attached hydrogen (secondary N) is 3. The molecule has 1 saturated heterocycles. The third kappa shape index (κ3) is 8.23. The normalized spacial score (nSPS) is 27.9. The van der Waals surface area contributed by atoms with Gasteiger partial charge >= 0.3 is 6.09 Å². The molecular formula is C41H48N6O8S. The predicted molar refractivity (Wildman–Crippen MR) is 206 cm³/mol. The van der Waals surface area contributed by atoms with Gasteiger partial charge in [0.1, 0.15) is 35.5 Å². The van der Waals surface area contributed by atoms with E-state index in [0.717, 1.165) is 44.1 Å². The van der Waals surface area contributed by atoms with Crippen molar-refractivity contribution in [3.63, 3.8) is 0 Å². The maximum atomic E-state index is 14.6. The van der Waals surface area contributed by atoms with Gasteiger partial charge in [-0.1, -0.05) is 67.5 Å². The molecule has 3 heterocycles. The summed E-state index contributed by atoms with van der Waals surface area (Å²) in [6.45, 7) is -0.0197. The van der Waals surface area contributed by atoms with Crippen LogP contribution in [0.25, 0.3) is 22.3 Å². The van der Waals surface area contributed by atoms with Gasteiger partial charge in [-0.25, -0.2) is 23.2 Å². The zero-order valence-corrected chi connectivity index (χ0v) is 32.0. The number of para-hydroxylation sites is 2. The topological polar surface area (TPSA) is 186 Å². The number of carbonyl (C=O) groups excluding carboxylic acids is 4. The van der Waals surface area contributed by atoms with Crippen LogP contribution >= 0.6 is 0 Å². The molecule has 3 aliphatic carbocycles. The first kappa shape index (κ1) is 37.9. The summed E-state index contributed by atoms with van der Waals surface area (Å²) >= 11 is 0. The summed E-state index contributed by atoms with van der Waals surface area (Å²) < 4.78 is 40.3. The van der Waals surface area contributed by atoms with Crippen LogP contribution in [0.4, 0.5) is 4.79 Å². The number of carbonyl (C=O) groups is 4. The highest BCUT2D eigenvalue weighted by Gasteiger charge is 2.62. The van der Waals surface area contributed by atoms with Crippen LogP contribution < -0.4 is 20.1 Å². The molecule has 296 valence electrons. The van der Waals surface area contributed by atoms with Gasteiger partial charge in [0.2, 0.25) is 27.7 Å². The van der Waals surface area contributed by atoms with E-state index in [2.05, 4.69) is 15.4 Å². The van der Waals surface area contributed by atoms with E-state index in [1.807, 2.05) is 66.7 Å². The van der Waals surface area contributed by atoms with Gasteiger partial charge < -0.3 is 25.0 Å². The summed E-state index contributed by atoms with van der Waals surface area (Å²) in [6.07, 6.45) is 10.2. The number of aromatic nitrogens is 2. The molecule has 14 nitrogen and oxygen atoms in total. The molecule has 3 aromatic rings. The molecular weight excluding hydrogens is 737 g/mol. The minimum Gasteiger partial charge on any atom is -0.471 e. The van der Waals surface area contributed by atoms with E-state index in [-0.39, 0.29) is 31.4 Å². The first-order chi connectivity index (χ1) is 27.1. The second-order valence-corrected chi connectivity index (χ2v) is 17.7. The minimum atomic E-state index is -3.89. The monoisotopic (exact) mass is 784 g/mol. The summed E-state index contributed by atoms with van der Waals surface area (Å²) in [7, 11) is -3.89. The van der Waals surface area contributed by atoms with Crippen LogP contribution in [0.2, 0.25) is 0 Å². The highest BCUT2D eigenvalue weighted by molar-refractivity contribution is 7.91. The fourth-order valence-electron chi connectivity index (χ4n) is 8.19. The number of sulfonamides is 1. The third-order valence-electron chi connectivity index (χ3n) is 11.6. The van der Waals surface area contributed by atoms with Gasteiger partial charge in [0, 0.05) is 17.9 Å². The Balaban J connectivity index is 1.11. The van der Waals surface area contributed by atoms with Crippen molar-refractivity contribution in [2.24, 2.45) is 5.92 Å². The summed E-state index contributed by atoms with van der Waals surface area (Å²) in [4.78, 5) is 67.2. The van der Waals surface area contributed by atoms with Crippen molar-refractivity contribution in [1.29, 1.82) is 0 Å². The Morgan fingerprint density at radius 2 is 1.57 bits per heavy atom. The number of hydrogen-bond donors (Lipinski definition) is 3. The van der Waals surface area contributed by atoms with Gasteiger partial charge in [0.15, 0.2) is 0 Å². The maximum Gasteiger partial charge on any atom is 0.408 e. The molecule has 5 atom stereocenters. The molecule has 2 aliphatic heterocycles. The Bertz CT molecular complexity index is 2120. The zero-order valence-electron chi connectivity index (χ0n) is 31.2. The number of benzene rings is 2. The summed E-state index contributed by atoms with van der Waals surface area (Å²) in [6, 6.07) is 14.8. The average molecular weight is 785 g/mol. The number of rotatable bonds is 8. The van der Waals surface area contributed by atoms with Crippen LogP contribution in [-0.4, -0.2) is 88.7 Å². The predicted octanol–water partition coefficient (Wildman–Crippen LogP) is 4.69. The molecule has 0 bridgehead atoms. The summed E-state index contributed by atoms with van der Waals surface area (Å²) in [5, 5.41) is 5.10. The van der Waals surface area contributed by atoms with Crippen LogP contribution in [0.3, 0.4) is 0 Å². The van der Waals surface area contributed by atoms with E-state index in [0.29, 0.717) is 48.8 Å². The molecule has 0 spiro atoms. The van der Waals surface area contributed by atoms with Crippen LogP contribution in [0.15, 0.2) is 66.7 Å². The van der Waals surface area contributed by atoms with Gasteiger partial charge in [-0.05, 0) is 76.3 Å². The van der Waals surface area contributed by atoms with Crippen molar-refractivity contribution in [3.05, 3.63) is 66.7 Å². The first-order valence-corrected chi connectivity index (χ1v) is 21.5. The zero-order chi connectivity index (χ0) is 38.9.